The van der Waals surface area contributed by atoms with Crippen LogP contribution in [0.2, 0.25) is 0 Å². The van der Waals surface area contributed by atoms with Gasteiger partial charge >= 0.3 is 12.1 Å². The number of carboxylic acids is 1. The summed E-state index contributed by atoms with van der Waals surface area (Å²) in [4.78, 5) is 9.89. The average molecular weight is 245 g/mol. The van der Waals surface area contributed by atoms with Gasteiger partial charge in [-0.25, -0.2) is 9.18 Å². The van der Waals surface area contributed by atoms with Gasteiger partial charge in [0.05, 0.1) is 0 Å². The van der Waals surface area contributed by atoms with E-state index >= 15 is 0 Å². The van der Waals surface area contributed by atoms with Crippen LogP contribution >= 0.6 is 11.8 Å². The third-order valence-corrected chi connectivity index (χ3v) is 2.82. The number of carboxylic acid groups (broad SMARTS) is 1. The van der Waals surface area contributed by atoms with Crippen molar-refractivity contribution >= 4 is 17.7 Å². The van der Waals surface area contributed by atoms with E-state index < -0.39 is 28.4 Å². The molecule has 3 nitrogen and oxygen atoms in total. The number of aliphatic carboxylic acids is 1. The minimum atomic E-state index is -4.85. The van der Waals surface area contributed by atoms with Crippen LogP contribution in [0, 0.1) is 0 Å². The molecule has 0 aliphatic carbocycles. The van der Waals surface area contributed by atoms with Gasteiger partial charge < -0.3 is 10.0 Å². The molecule has 86 valence electrons. The summed E-state index contributed by atoms with van der Waals surface area (Å²) in [5, 5.41) is 8.51. The Labute approximate surface area is 86.7 Å². The van der Waals surface area contributed by atoms with Gasteiger partial charge in [0, 0.05) is 6.54 Å². The lowest BCUT2D eigenvalue weighted by Gasteiger charge is -2.23. The third-order valence-electron chi connectivity index (χ3n) is 1.77. The van der Waals surface area contributed by atoms with Gasteiger partial charge in [0.2, 0.25) is 5.63 Å². The average Bonchev–Trinajstić information content (AvgIpc) is 2.41. The number of hydrogen-bond acceptors (Lipinski definition) is 3. The molecular formula is C7H7F4NO2S. The molecule has 15 heavy (non-hydrogen) atoms. The molecule has 1 aliphatic heterocycles. The number of alkyl halides is 4. The van der Waals surface area contributed by atoms with E-state index in [2.05, 4.69) is 0 Å². The van der Waals surface area contributed by atoms with Crippen LogP contribution in [0.25, 0.3) is 0 Å². The number of allylic oxidation sites excluding steroid dienone is 1. The molecular weight excluding hydrogens is 238 g/mol. The smallest absolute Gasteiger partial charge is 0.432 e. The second-order valence-electron chi connectivity index (χ2n) is 2.68. The van der Waals surface area contributed by atoms with Crippen molar-refractivity contribution in [2.24, 2.45) is 0 Å². The predicted octanol–water partition coefficient (Wildman–Crippen LogP) is 2.17. The highest BCUT2D eigenvalue weighted by Gasteiger charge is 2.49. The number of thioether (sulfide) groups is 1. The van der Waals surface area contributed by atoms with E-state index in [-0.39, 0.29) is 18.3 Å². The number of halogens is 4. The minimum Gasteiger partial charge on any atom is -0.477 e. The van der Waals surface area contributed by atoms with E-state index in [0.29, 0.717) is 4.90 Å². The molecule has 0 fully saturated rings. The molecule has 0 aromatic rings. The minimum absolute atomic E-state index is 0.0606. The van der Waals surface area contributed by atoms with Gasteiger partial charge in [0.15, 0.2) is 0 Å². The quantitative estimate of drug-likeness (QED) is 0.598. The number of hydrogen-bond donors (Lipinski definition) is 1. The maximum Gasteiger partial charge on any atom is 0.432 e. The summed E-state index contributed by atoms with van der Waals surface area (Å²) in [6.45, 7) is 1.09. The monoisotopic (exact) mass is 245 g/mol. The van der Waals surface area contributed by atoms with Crippen LogP contribution in [-0.2, 0) is 4.79 Å². The van der Waals surface area contributed by atoms with Crippen LogP contribution in [0.1, 0.15) is 6.92 Å². The second-order valence-corrected chi connectivity index (χ2v) is 3.71. The third kappa shape index (κ3) is 2.19. The highest BCUT2D eigenvalue weighted by molar-refractivity contribution is 8.04. The van der Waals surface area contributed by atoms with Gasteiger partial charge in [-0.05, 0) is 6.92 Å². The first-order chi connectivity index (χ1) is 6.79. The van der Waals surface area contributed by atoms with E-state index in [9.17, 15) is 22.4 Å². The van der Waals surface area contributed by atoms with Crippen molar-refractivity contribution < 1.29 is 27.5 Å². The van der Waals surface area contributed by atoms with Crippen molar-refractivity contribution in [1.29, 1.82) is 0 Å². The Hall–Kier alpha value is -0.920. The Balaban J connectivity index is 3.19. The molecule has 0 amide bonds. The molecule has 0 saturated heterocycles. The summed E-state index contributed by atoms with van der Waals surface area (Å²) in [5.74, 6) is -1.76. The topological polar surface area (TPSA) is 40.5 Å². The molecule has 1 atom stereocenters. The molecule has 0 saturated carbocycles. The molecule has 0 unspecified atom stereocenters. The summed E-state index contributed by atoms with van der Waals surface area (Å²) in [6, 6.07) is 0. The van der Waals surface area contributed by atoms with Crippen molar-refractivity contribution in [3.63, 3.8) is 0 Å². The molecule has 8 heteroatoms. The first kappa shape index (κ1) is 12.2. The lowest BCUT2D eigenvalue weighted by atomic mass is 10.3. The van der Waals surface area contributed by atoms with Gasteiger partial charge in [0.1, 0.15) is 10.6 Å². The normalized spacial score (nSPS) is 22.5. The standard InChI is InChI=1S/C7H7F4NO2S/c1-2-12-4(7(9,10)11)3(5(13)14)15-6(12)8/h6H,2H2,1H3,(H,13,14)/t6-/m0/s1. The van der Waals surface area contributed by atoms with Crippen molar-refractivity contribution in [3.8, 4) is 0 Å². The first-order valence-corrected chi connectivity index (χ1v) is 4.79. The summed E-state index contributed by atoms with van der Waals surface area (Å²) >= 11 is 0.0606. The van der Waals surface area contributed by atoms with E-state index in [0.717, 1.165) is 0 Å². The van der Waals surface area contributed by atoms with E-state index in [4.69, 9.17) is 5.11 Å². The molecule has 0 spiro atoms. The Kier molecular flexibility index (Phi) is 3.17. The molecule has 1 N–H and O–H groups in total. The van der Waals surface area contributed by atoms with Crippen molar-refractivity contribution in [2.45, 2.75) is 18.7 Å². The van der Waals surface area contributed by atoms with Gasteiger partial charge in [-0.3, -0.25) is 0 Å². The van der Waals surface area contributed by atoms with Crippen LogP contribution < -0.4 is 0 Å². The van der Waals surface area contributed by atoms with Crippen molar-refractivity contribution in [2.75, 3.05) is 6.54 Å². The fourth-order valence-corrected chi connectivity index (χ4v) is 2.22. The maximum absolute atomic E-state index is 13.1. The Bertz CT molecular complexity index is 315. The Morgan fingerprint density at radius 3 is 2.47 bits per heavy atom. The van der Waals surface area contributed by atoms with Crippen LogP contribution in [-0.4, -0.2) is 34.3 Å². The summed E-state index contributed by atoms with van der Waals surface area (Å²) in [6.07, 6.45) is -4.85. The fourth-order valence-electron chi connectivity index (χ4n) is 1.19. The van der Waals surface area contributed by atoms with Crippen molar-refractivity contribution in [3.05, 3.63) is 10.6 Å². The molecule has 0 radical (unpaired) electrons. The van der Waals surface area contributed by atoms with Crippen molar-refractivity contribution in [1.82, 2.24) is 4.90 Å². The molecule has 0 aromatic heterocycles. The highest BCUT2D eigenvalue weighted by atomic mass is 32.2. The van der Waals surface area contributed by atoms with E-state index in [1.165, 1.54) is 6.92 Å². The highest BCUT2D eigenvalue weighted by Crippen LogP contribution is 2.45. The lowest BCUT2D eigenvalue weighted by molar-refractivity contribution is -0.134. The van der Waals surface area contributed by atoms with Crippen LogP contribution in [0.5, 0.6) is 0 Å². The molecule has 0 aromatic carbocycles. The predicted molar refractivity (Wildman–Crippen MR) is 45.6 cm³/mol. The van der Waals surface area contributed by atoms with Crippen LogP contribution in [0.3, 0.4) is 0 Å². The summed E-state index contributed by atoms with van der Waals surface area (Å²) < 4.78 is 50.4. The zero-order valence-electron chi connectivity index (χ0n) is 7.51. The molecule has 1 rings (SSSR count). The number of carbonyl (C=O) groups is 1. The zero-order valence-corrected chi connectivity index (χ0v) is 8.32. The Morgan fingerprint density at radius 2 is 2.13 bits per heavy atom. The fraction of sp³-hybridized carbons (Fsp3) is 0.571. The van der Waals surface area contributed by atoms with Crippen LogP contribution in [0.4, 0.5) is 17.6 Å². The first-order valence-electron chi connectivity index (χ1n) is 3.91. The molecule has 1 heterocycles. The van der Waals surface area contributed by atoms with Crippen LogP contribution in [0.15, 0.2) is 10.6 Å². The van der Waals surface area contributed by atoms with Gasteiger partial charge in [0.25, 0.3) is 0 Å². The Morgan fingerprint density at radius 1 is 1.60 bits per heavy atom. The number of rotatable bonds is 2. The maximum atomic E-state index is 13.1. The second kappa shape index (κ2) is 3.92. The van der Waals surface area contributed by atoms with E-state index in [1.54, 1.807) is 0 Å². The largest absolute Gasteiger partial charge is 0.477 e. The zero-order chi connectivity index (χ0) is 11.8. The van der Waals surface area contributed by atoms with Gasteiger partial charge in [-0.15, -0.1) is 0 Å². The summed E-state index contributed by atoms with van der Waals surface area (Å²) in [7, 11) is 0. The molecule has 1 aliphatic rings. The van der Waals surface area contributed by atoms with Gasteiger partial charge in [-0.2, -0.15) is 13.2 Å². The SMILES string of the molecule is CCN1C(C(F)(F)F)=C(C(=O)O)S[C@H]1F. The number of nitrogens with zero attached hydrogens (tertiary/aromatic N) is 1. The molecule has 0 bridgehead atoms. The summed E-state index contributed by atoms with van der Waals surface area (Å²) in [5.41, 5.74) is -3.40. The lowest BCUT2D eigenvalue weighted by Crippen LogP contribution is -2.32. The van der Waals surface area contributed by atoms with E-state index in [1.807, 2.05) is 0 Å². The van der Waals surface area contributed by atoms with Gasteiger partial charge in [-0.1, -0.05) is 11.8 Å².